The van der Waals surface area contributed by atoms with Gasteiger partial charge in [-0.05, 0) is 38.5 Å². The van der Waals surface area contributed by atoms with Crippen LogP contribution in [0.4, 0.5) is 5.82 Å². The van der Waals surface area contributed by atoms with Crippen LogP contribution >= 0.6 is 0 Å². The predicted octanol–water partition coefficient (Wildman–Crippen LogP) is 6.05. The van der Waals surface area contributed by atoms with Crippen molar-refractivity contribution in [2.75, 3.05) is 12.1 Å². The van der Waals surface area contributed by atoms with Gasteiger partial charge in [0.05, 0.1) is 11.6 Å². The monoisotopic (exact) mass is 423 g/mol. The van der Waals surface area contributed by atoms with Gasteiger partial charge in [-0.1, -0.05) is 56.9 Å². The van der Waals surface area contributed by atoms with E-state index in [-0.39, 0.29) is 6.79 Å². The van der Waals surface area contributed by atoms with Gasteiger partial charge in [0, 0.05) is 6.54 Å². The smallest absolute Gasteiger partial charge is 0.231 e. The minimum absolute atomic E-state index is 0.285. The molecule has 0 radical (unpaired) electrons. The second kappa shape index (κ2) is 15.3. The zero-order chi connectivity index (χ0) is 22.9. The van der Waals surface area contributed by atoms with Gasteiger partial charge in [-0.25, -0.2) is 9.97 Å². The Morgan fingerprint density at radius 3 is 2.45 bits per heavy atom. The minimum atomic E-state index is 0.285. The highest BCUT2D eigenvalue weighted by molar-refractivity contribution is 5.85. The summed E-state index contributed by atoms with van der Waals surface area (Å²) < 4.78 is 10.6. The largest absolute Gasteiger partial charge is 0.454 e. The van der Waals surface area contributed by atoms with Crippen molar-refractivity contribution in [3.05, 3.63) is 73.2 Å². The van der Waals surface area contributed by atoms with Gasteiger partial charge in [0.25, 0.3) is 0 Å². The van der Waals surface area contributed by atoms with E-state index in [4.69, 9.17) is 9.47 Å². The Hall–Kier alpha value is -3.61. The topological polar surface area (TPSA) is 85.0 Å². The molecule has 0 amide bonds. The molecule has 0 fully saturated rings. The first-order chi connectivity index (χ1) is 15.2. The van der Waals surface area contributed by atoms with E-state index in [2.05, 4.69) is 32.1 Å². The van der Waals surface area contributed by atoms with Crippen LogP contribution < -0.4 is 14.8 Å². The lowest BCUT2D eigenvalue weighted by Crippen LogP contribution is -2.02. The van der Waals surface area contributed by atoms with E-state index in [1.165, 1.54) is 6.33 Å². The molecular weight excluding hydrogens is 390 g/mol. The summed E-state index contributed by atoms with van der Waals surface area (Å²) in [5.74, 6) is 2.31. The molecule has 0 saturated carbocycles. The average molecular weight is 424 g/mol. The van der Waals surface area contributed by atoms with E-state index in [1.54, 1.807) is 12.3 Å². The fourth-order valence-corrected chi connectivity index (χ4v) is 2.28. The summed E-state index contributed by atoms with van der Waals surface area (Å²) in [6.45, 7) is 14.3. The number of nitrogens with zero attached hydrogens (tertiary/aromatic N) is 3. The van der Waals surface area contributed by atoms with E-state index in [9.17, 15) is 0 Å². The molecule has 0 spiro atoms. The van der Waals surface area contributed by atoms with Crippen molar-refractivity contribution < 1.29 is 9.47 Å². The highest BCUT2D eigenvalue weighted by Crippen LogP contribution is 2.32. The number of hydrogen-bond donors (Lipinski definition) is 2. The number of ether oxygens (including phenoxy) is 2. The Morgan fingerprint density at radius 1 is 1.06 bits per heavy atom. The zero-order valence-corrected chi connectivity index (χ0v) is 19.1. The summed E-state index contributed by atoms with van der Waals surface area (Å²) in [7, 11) is 0. The number of hydrogen-bond acceptors (Lipinski definition) is 6. The minimum Gasteiger partial charge on any atom is -0.454 e. The van der Waals surface area contributed by atoms with E-state index in [1.807, 2.05) is 77.1 Å². The SMILES string of the molecule is C/C=C\C.C=C/C=C/C.CC.c1nc(NCc2ccc3c(c2)OCO3)c2cn[nH]c2n1. The lowest BCUT2D eigenvalue weighted by atomic mass is 10.2. The van der Waals surface area contributed by atoms with Crippen LogP contribution in [0.1, 0.15) is 40.2 Å². The number of allylic oxidation sites excluding steroid dienone is 5. The van der Waals surface area contributed by atoms with Crippen LogP contribution in [0, 0.1) is 0 Å². The Bertz CT molecular complexity index is 960. The number of aromatic amines is 1. The van der Waals surface area contributed by atoms with Crippen LogP contribution in [-0.2, 0) is 6.54 Å². The fraction of sp³-hybridized carbons (Fsp3) is 0.292. The van der Waals surface area contributed by atoms with Gasteiger partial charge >= 0.3 is 0 Å². The number of nitrogens with one attached hydrogen (secondary N) is 2. The van der Waals surface area contributed by atoms with Crippen LogP contribution in [-0.4, -0.2) is 27.0 Å². The van der Waals surface area contributed by atoms with E-state index in [0.717, 1.165) is 28.3 Å². The van der Waals surface area contributed by atoms with E-state index < -0.39 is 0 Å². The summed E-state index contributed by atoms with van der Waals surface area (Å²) in [5.41, 5.74) is 1.80. The molecule has 0 atom stereocenters. The third kappa shape index (κ3) is 8.34. The lowest BCUT2D eigenvalue weighted by molar-refractivity contribution is 0.174. The summed E-state index contributed by atoms with van der Waals surface area (Å²) >= 11 is 0. The molecule has 0 unspecified atom stereocenters. The summed E-state index contributed by atoms with van der Waals surface area (Å²) in [6.07, 6.45) is 12.8. The molecular formula is C24H33N5O2. The fourth-order valence-electron chi connectivity index (χ4n) is 2.28. The molecule has 3 aromatic rings. The molecule has 4 rings (SSSR count). The standard InChI is InChI=1S/C13H11N5O2.C5H8.C4H8.C2H6/c1-2-10-11(20-7-19-10)3-8(1)4-14-12-9-5-17-18-13(9)16-6-15-12;1-3-5-4-2;1-3-4-2;1-2/h1-3,5-6H,4,7H2,(H2,14,15,16,17,18);3-5H,1H2,2H3;3-4H,1-2H3;1-2H3/b;5-4+;4-3-;. The van der Waals surface area contributed by atoms with Crippen molar-refractivity contribution in [1.29, 1.82) is 0 Å². The number of fused-ring (bicyclic) bond motifs is 2. The van der Waals surface area contributed by atoms with Gasteiger partial charge in [-0.15, -0.1) is 0 Å². The molecule has 166 valence electrons. The van der Waals surface area contributed by atoms with Crippen LogP contribution in [0.25, 0.3) is 11.0 Å². The molecule has 0 saturated heterocycles. The van der Waals surface area contributed by atoms with E-state index in [0.29, 0.717) is 12.2 Å². The van der Waals surface area contributed by atoms with Crippen LogP contribution in [0.5, 0.6) is 11.5 Å². The maximum atomic E-state index is 5.36. The first-order valence-corrected chi connectivity index (χ1v) is 10.3. The normalized spacial score (nSPS) is 11.1. The molecule has 1 aliphatic rings. The second-order valence-corrected chi connectivity index (χ2v) is 5.82. The lowest BCUT2D eigenvalue weighted by Gasteiger charge is -2.06. The highest BCUT2D eigenvalue weighted by atomic mass is 16.7. The van der Waals surface area contributed by atoms with Crippen molar-refractivity contribution in [2.24, 2.45) is 0 Å². The van der Waals surface area contributed by atoms with Crippen LogP contribution in [0.2, 0.25) is 0 Å². The van der Waals surface area contributed by atoms with Crippen molar-refractivity contribution in [1.82, 2.24) is 20.2 Å². The quantitative estimate of drug-likeness (QED) is 0.392. The Morgan fingerprint density at radius 2 is 1.81 bits per heavy atom. The van der Waals surface area contributed by atoms with Gasteiger partial charge in [0.15, 0.2) is 17.1 Å². The van der Waals surface area contributed by atoms with Crippen molar-refractivity contribution in [3.8, 4) is 11.5 Å². The van der Waals surface area contributed by atoms with Crippen molar-refractivity contribution >= 4 is 16.9 Å². The molecule has 31 heavy (non-hydrogen) atoms. The Kier molecular flexibility index (Phi) is 12.5. The predicted molar refractivity (Wildman–Crippen MR) is 128 cm³/mol. The first kappa shape index (κ1) is 25.4. The molecule has 2 N–H and O–H groups in total. The number of rotatable bonds is 4. The first-order valence-electron chi connectivity index (χ1n) is 10.3. The highest BCUT2D eigenvalue weighted by Gasteiger charge is 2.13. The molecule has 3 heterocycles. The summed E-state index contributed by atoms with van der Waals surface area (Å²) in [5, 5.41) is 10.9. The summed E-state index contributed by atoms with van der Waals surface area (Å²) in [4.78, 5) is 8.33. The number of anilines is 1. The molecule has 0 aliphatic carbocycles. The van der Waals surface area contributed by atoms with Gasteiger partial charge in [-0.2, -0.15) is 5.10 Å². The van der Waals surface area contributed by atoms with Crippen molar-refractivity contribution in [3.63, 3.8) is 0 Å². The molecule has 1 aromatic carbocycles. The average Bonchev–Trinajstić information content (AvgIpc) is 3.49. The second-order valence-electron chi connectivity index (χ2n) is 5.82. The van der Waals surface area contributed by atoms with Gasteiger partial charge in [0.1, 0.15) is 12.1 Å². The third-order valence-electron chi connectivity index (χ3n) is 3.81. The molecule has 1 aliphatic heterocycles. The van der Waals surface area contributed by atoms with Crippen molar-refractivity contribution in [2.45, 2.75) is 41.2 Å². The van der Waals surface area contributed by atoms with E-state index >= 15 is 0 Å². The third-order valence-corrected chi connectivity index (χ3v) is 3.81. The molecule has 2 aromatic heterocycles. The van der Waals surface area contributed by atoms with Gasteiger partial charge in [-0.3, -0.25) is 5.10 Å². The molecule has 7 nitrogen and oxygen atoms in total. The number of aromatic nitrogens is 4. The Labute approximate surface area is 184 Å². The zero-order valence-electron chi connectivity index (χ0n) is 19.1. The van der Waals surface area contributed by atoms with Crippen LogP contribution in [0.15, 0.2) is 67.7 Å². The van der Waals surface area contributed by atoms with Gasteiger partial charge in [0.2, 0.25) is 6.79 Å². The summed E-state index contributed by atoms with van der Waals surface area (Å²) in [6, 6.07) is 5.87. The number of benzene rings is 1. The Balaban J connectivity index is 0.000000371. The van der Waals surface area contributed by atoms with Gasteiger partial charge < -0.3 is 14.8 Å². The van der Waals surface area contributed by atoms with Crippen LogP contribution in [0.3, 0.4) is 0 Å². The molecule has 0 bridgehead atoms. The number of H-pyrrole nitrogens is 1. The maximum absolute atomic E-state index is 5.36. The molecule has 7 heteroatoms. The maximum Gasteiger partial charge on any atom is 0.231 e.